The van der Waals surface area contributed by atoms with Crippen LogP contribution >= 0.6 is 0 Å². The Morgan fingerprint density at radius 1 is 1.12 bits per heavy atom. The van der Waals surface area contributed by atoms with Crippen molar-refractivity contribution in [2.75, 3.05) is 19.6 Å². The Labute approximate surface area is 199 Å². The molecule has 1 aliphatic rings. The molecule has 1 N–H and O–H groups in total. The highest BCUT2D eigenvalue weighted by Gasteiger charge is 2.32. The van der Waals surface area contributed by atoms with Crippen molar-refractivity contribution in [1.82, 2.24) is 39.4 Å². The monoisotopic (exact) mass is 458 g/mol. The molecule has 0 atom stereocenters. The summed E-state index contributed by atoms with van der Waals surface area (Å²) in [6.07, 6.45) is 12.0. The van der Waals surface area contributed by atoms with Crippen LogP contribution in [-0.4, -0.2) is 69.8 Å². The predicted octanol–water partition coefficient (Wildman–Crippen LogP) is 2.84. The van der Waals surface area contributed by atoms with Crippen LogP contribution in [-0.2, 0) is 13.0 Å². The van der Waals surface area contributed by atoms with Gasteiger partial charge >= 0.3 is 0 Å². The molecule has 0 unspecified atom stereocenters. The van der Waals surface area contributed by atoms with Crippen molar-refractivity contribution >= 4 is 0 Å². The molecule has 0 aromatic carbocycles. The van der Waals surface area contributed by atoms with Crippen LogP contribution in [0, 0.1) is 0 Å². The highest BCUT2D eigenvalue weighted by atomic mass is 16.3. The van der Waals surface area contributed by atoms with Gasteiger partial charge in [0.25, 0.3) is 0 Å². The Morgan fingerprint density at radius 2 is 1.97 bits per heavy atom. The lowest BCUT2D eigenvalue weighted by atomic mass is 10.0. The third-order valence-electron chi connectivity index (χ3n) is 5.94. The van der Waals surface area contributed by atoms with Crippen LogP contribution in [0.25, 0.3) is 22.5 Å². The van der Waals surface area contributed by atoms with Gasteiger partial charge in [-0.25, -0.2) is 9.97 Å². The predicted molar refractivity (Wildman–Crippen MR) is 129 cm³/mol. The molecule has 4 aromatic heterocycles. The highest BCUT2D eigenvalue weighted by Crippen LogP contribution is 2.29. The molecule has 0 aliphatic carbocycles. The third-order valence-corrected chi connectivity index (χ3v) is 5.94. The van der Waals surface area contributed by atoms with Gasteiger partial charge in [-0.2, -0.15) is 10.2 Å². The Kier molecular flexibility index (Phi) is 5.97. The first kappa shape index (κ1) is 22.4. The molecule has 0 bridgehead atoms. The molecule has 5 heterocycles. The summed E-state index contributed by atoms with van der Waals surface area (Å²) in [6, 6.07) is 6.19. The number of aromatic nitrogens is 7. The van der Waals surface area contributed by atoms with E-state index in [4.69, 9.17) is 10.1 Å². The van der Waals surface area contributed by atoms with Crippen molar-refractivity contribution in [3.05, 3.63) is 66.8 Å². The van der Waals surface area contributed by atoms with Gasteiger partial charge in [0, 0.05) is 74.7 Å². The van der Waals surface area contributed by atoms with Crippen molar-refractivity contribution in [3.63, 3.8) is 0 Å². The van der Waals surface area contributed by atoms with Crippen LogP contribution in [0.3, 0.4) is 0 Å². The zero-order valence-electron chi connectivity index (χ0n) is 19.8. The number of rotatable bonds is 8. The minimum atomic E-state index is -0.673. The van der Waals surface area contributed by atoms with E-state index in [9.17, 15) is 5.11 Å². The molecule has 176 valence electrons. The van der Waals surface area contributed by atoms with Crippen LogP contribution < -0.4 is 0 Å². The van der Waals surface area contributed by atoms with Crippen LogP contribution in [0.4, 0.5) is 0 Å². The summed E-state index contributed by atoms with van der Waals surface area (Å²) in [6.45, 7) is 9.00. The summed E-state index contributed by atoms with van der Waals surface area (Å²) in [5.41, 5.74) is 4.05. The summed E-state index contributed by atoms with van der Waals surface area (Å²) >= 11 is 0. The quantitative estimate of drug-likeness (QED) is 0.434. The number of hydrogen-bond acceptors (Lipinski definition) is 7. The molecule has 0 radical (unpaired) electrons. The molecule has 0 spiro atoms. The lowest BCUT2D eigenvalue weighted by Gasteiger charge is -2.41. The van der Waals surface area contributed by atoms with E-state index >= 15 is 0 Å². The second kappa shape index (κ2) is 9.08. The van der Waals surface area contributed by atoms with Crippen molar-refractivity contribution in [3.8, 4) is 22.5 Å². The summed E-state index contributed by atoms with van der Waals surface area (Å²) in [5.74, 6) is 0.746. The summed E-state index contributed by atoms with van der Waals surface area (Å²) in [5, 5.41) is 19.3. The molecule has 1 aliphatic heterocycles. The Morgan fingerprint density at radius 3 is 2.71 bits per heavy atom. The summed E-state index contributed by atoms with van der Waals surface area (Å²) in [4.78, 5) is 15.9. The van der Waals surface area contributed by atoms with E-state index in [2.05, 4.69) is 33.1 Å². The number of aryl methyl sites for hydroxylation is 1. The highest BCUT2D eigenvalue weighted by molar-refractivity contribution is 5.78. The van der Waals surface area contributed by atoms with E-state index in [1.54, 1.807) is 12.4 Å². The summed E-state index contributed by atoms with van der Waals surface area (Å²) in [7, 11) is 0. The van der Waals surface area contributed by atoms with E-state index in [-0.39, 0.29) is 0 Å². The molecular weight excluding hydrogens is 428 g/mol. The fourth-order valence-corrected chi connectivity index (χ4v) is 4.36. The second-order valence-corrected chi connectivity index (χ2v) is 9.51. The fraction of sp³-hybridized carbons (Fsp3) is 0.400. The molecule has 4 aromatic rings. The molecule has 0 saturated carbocycles. The van der Waals surface area contributed by atoms with Gasteiger partial charge in [0.15, 0.2) is 0 Å². The van der Waals surface area contributed by atoms with Crippen molar-refractivity contribution < 1.29 is 5.11 Å². The molecular formula is C25H30N8O. The molecule has 1 fully saturated rings. The molecule has 5 rings (SSSR count). The van der Waals surface area contributed by atoms with Gasteiger partial charge in [-0.3, -0.25) is 19.2 Å². The van der Waals surface area contributed by atoms with Crippen LogP contribution in [0.5, 0.6) is 0 Å². The van der Waals surface area contributed by atoms with E-state index < -0.39 is 5.60 Å². The maximum Gasteiger partial charge on any atom is 0.133 e. The minimum Gasteiger partial charge on any atom is -0.389 e. The first-order chi connectivity index (χ1) is 16.4. The number of likely N-dealkylation sites (tertiary alicyclic amines) is 1. The van der Waals surface area contributed by atoms with Gasteiger partial charge in [0.1, 0.15) is 11.5 Å². The number of β-amino-alcohol motifs (C(OH)–C–C–N with tert-alkyl or cyclic N) is 1. The number of aliphatic hydroxyl groups is 1. The van der Waals surface area contributed by atoms with E-state index in [0.29, 0.717) is 19.0 Å². The van der Waals surface area contributed by atoms with Gasteiger partial charge in [-0.1, -0.05) is 0 Å². The Bertz CT molecular complexity index is 1250. The lowest BCUT2D eigenvalue weighted by Crippen LogP contribution is -2.52. The van der Waals surface area contributed by atoms with Gasteiger partial charge in [-0.05, 0) is 44.5 Å². The minimum absolute atomic E-state index is 0.338. The first-order valence-electron chi connectivity index (χ1n) is 11.7. The van der Waals surface area contributed by atoms with E-state index in [1.165, 1.54) is 0 Å². The van der Waals surface area contributed by atoms with Crippen LogP contribution in [0.2, 0.25) is 0 Å². The van der Waals surface area contributed by atoms with Crippen LogP contribution in [0.1, 0.15) is 38.2 Å². The molecule has 1 saturated heterocycles. The Hall–Kier alpha value is -3.43. The lowest BCUT2D eigenvalue weighted by molar-refractivity contribution is -0.00661. The van der Waals surface area contributed by atoms with Crippen molar-refractivity contribution in [2.24, 2.45) is 0 Å². The van der Waals surface area contributed by atoms with Gasteiger partial charge in [0.2, 0.25) is 0 Å². The molecule has 9 heteroatoms. The molecule has 0 amide bonds. The fourth-order valence-electron chi connectivity index (χ4n) is 4.36. The van der Waals surface area contributed by atoms with Crippen molar-refractivity contribution in [1.29, 1.82) is 0 Å². The SMILES string of the molecule is CCn1cc(-c2ccnc(Cc3cnn(C4CN(CC(C)(C)O)C4)c3)n2)c(-c2cccnc2)n1. The first-order valence-corrected chi connectivity index (χ1v) is 11.7. The second-order valence-electron chi connectivity index (χ2n) is 9.51. The number of hydrogen-bond donors (Lipinski definition) is 1. The summed E-state index contributed by atoms with van der Waals surface area (Å²) < 4.78 is 3.94. The van der Waals surface area contributed by atoms with Gasteiger partial charge in [-0.15, -0.1) is 0 Å². The number of pyridine rings is 1. The topological polar surface area (TPSA) is 97.8 Å². The Balaban J connectivity index is 1.32. The normalized spacial score (nSPS) is 14.9. The van der Waals surface area contributed by atoms with E-state index in [1.807, 2.05) is 60.0 Å². The molecule has 9 nitrogen and oxygen atoms in total. The van der Waals surface area contributed by atoms with Gasteiger partial charge in [0.05, 0.1) is 23.5 Å². The maximum atomic E-state index is 9.99. The smallest absolute Gasteiger partial charge is 0.133 e. The zero-order valence-corrected chi connectivity index (χ0v) is 19.8. The average Bonchev–Trinajstić information content (AvgIpc) is 3.43. The average molecular weight is 459 g/mol. The maximum absolute atomic E-state index is 9.99. The van der Waals surface area contributed by atoms with Gasteiger partial charge < -0.3 is 5.11 Å². The zero-order chi connectivity index (χ0) is 23.7. The largest absolute Gasteiger partial charge is 0.389 e. The number of nitrogens with zero attached hydrogens (tertiary/aromatic N) is 8. The standard InChI is InChI=1S/C25H30N8O/c1-4-32-16-21(24(30-32)19-6-5-8-26-12-19)22-7-9-27-23(29-22)10-18-11-28-33(13-18)20-14-31(15-20)17-25(2,3)34/h5-9,11-13,16,20,34H,4,10,14-15,17H2,1-3H3. The third kappa shape index (κ3) is 4.90. The van der Waals surface area contributed by atoms with Crippen LogP contribution in [0.15, 0.2) is 55.4 Å². The van der Waals surface area contributed by atoms with Crippen molar-refractivity contribution in [2.45, 2.75) is 45.4 Å². The van der Waals surface area contributed by atoms with E-state index in [0.717, 1.165) is 53.5 Å². The molecule has 34 heavy (non-hydrogen) atoms.